The maximum Gasteiger partial charge on any atom is 0.336 e. The number of esters is 1. The van der Waals surface area contributed by atoms with Gasteiger partial charge in [-0.05, 0) is 37.4 Å². The Morgan fingerprint density at radius 2 is 2.27 bits per heavy atom. The molecule has 0 radical (unpaired) electrons. The Labute approximate surface area is 139 Å². The first-order valence-electron chi connectivity index (χ1n) is 6.73. The van der Waals surface area contributed by atoms with Gasteiger partial charge in [-0.2, -0.15) is 0 Å². The van der Waals surface area contributed by atoms with Gasteiger partial charge in [0, 0.05) is 10.7 Å². The van der Waals surface area contributed by atoms with E-state index in [1.54, 1.807) is 32.0 Å². The van der Waals surface area contributed by atoms with Gasteiger partial charge in [-0.25, -0.2) is 4.79 Å². The second-order valence-electron chi connectivity index (χ2n) is 4.74. The molecular weight excluding hydrogens is 320 g/mol. The van der Waals surface area contributed by atoms with Gasteiger partial charge in [0.25, 0.3) is 0 Å². The number of allylic oxidation sites excluding steroid dienone is 1. The summed E-state index contributed by atoms with van der Waals surface area (Å²) in [5.41, 5.74) is 2.24. The number of nitrogens with one attached hydrogen (secondary N) is 2. The summed E-state index contributed by atoms with van der Waals surface area (Å²) in [6.07, 6.45) is 0. The van der Waals surface area contributed by atoms with Crippen LogP contribution in [0.2, 0.25) is 5.02 Å². The summed E-state index contributed by atoms with van der Waals surface area (Å²) in [5.74, 6) is 1.40. The maximum absolute atomic E-state index is 12.3. The summed E-state index contributed by atoms with van der Waals surface area (Å²) in [4.78, 5) is 12.7. The van der Waals surface area contributed by atoms with Gasteiger partial charge in [0.2, 0.25) is 0 Å². The largest absolute Gasteiger partial charge is 0.463 e. The van der Waals surface area contributed by atoms with Crippen molar-refractivity contribution in [2.75, 3.05) is 6.61 Å². The van der Waals surface area contributed by atoms with Gasteiger partial charge in [-0.15, -0.1) is 0 Å². The molecule has 1 heterocycles. The van der Waals surface area contributed by atoms with Gasteiger partial charge in [-0.3, -0.25) is 5.41 Å². The molecule has 0 unspecified atom stereocenters. The molecule has 6 heteroatoms. The fraction of sp³-hybridized carbons (Fsp3) is 0.250. The predicted molar refractivity (Wildman–Crippen MR) is 90.5 cm³/mol. The molecule has 0 fully saturated rings. The van der Waals surface area contributed by atoms with E-state index in [0.717, 1.165) is 5.56 Å². The van der Waals surface area contributed by atoms with Crippen molar-refractivity contribution in [3.63, 3.8) is 0 Å². The SMILES string of the molecule is CCOC(=O)C1=C(C)NC(=S)C(=C=N)[C@@H]1c1cccc(Cl)c1. The first-order valence-corrected chi connectivity index (χ1v) is 7.52. The zero-order chi connectivity index (χ0) is 16.3. The Morgan fingerprint density at radius 3 is 2.86 bits per heavy atom. The summed E-state index contributed by atoms with van der Waals surface area (Å²) in [7, 11) is 0. The van der Waals surface area contributed by atoms with Crippen molar-refractivity contribution in [3.05, 3.63) is 51.7 Å². The molecule has 0 saturated carbocycles. The maximum atomic E-state index is 12.3. The average Bonchev–Trinajstić information content (AvgIpc) is 2.46. The molecule has 1 aliphatic rings. The minimum atomic E-state index is -0.510. The van der Waals surface area contributed by atoms with Crippen LogP contribution >= 0.6 is 23.8 Å². The molecule has 0 spiro atoms. The third-order valence-corrected chi connectivity index (χ3v) is 3.90. The van der Waals surface area contributed by atoms with Crippen LogP contribution in [-0.4, -0.2) is 23.4 Å². The number of carbonyl (C=O) groups excluding carboxylic acids is 1. The van der Waals surface area contributed by atoms with Gasteiger partial charge >= 0.3 is 5.97 Å². The molecule has 1 aromatic carbocycles. The first-order chi connectivity index (χ1) is 10.5. The topological polar surface area (TPSA) is 62.2 Å². The van der Waals surface area contributed by atoms with E-state index >= 15 is 0 Å². The van der Waals surface area contributed by atoms with Crippen LogP contribution in [0.15, 0.2) is 41.1 Å². The lowest BCUT2D eigenvalue weighted by Gasteiger charge is -2.29. The third kappa shape index (κ3) is 3.12. The van der Waals surface area contributed by atoms with Crippen molar-refractivity contribution in [3.8, 4) is 0 Å². The van der Waals surface area contributed by atoms with Crippen molar-refractivity contribution in [2.45, 2.75) is 19.8 Å². The molecule has 0 aliphatic carbocycles. The number of hydrogen-bond acceptors (Lipinski definition) is 4. The van der Waals surface area contributed by atoms with E-state index in [0.29, 0.717) is 26.9 Å². The standard InChI is InChI=1S/C16H15ClN2O2S/c1-3-21-16(20)13-9(2)19-15(22)12(8-18)14(13)10-5-4-6-11(17)7-10/h4-7,14,18H,3H2,1-2H3,(H,19,22)/t14-/m0/s1. The molecule has 2 rings (SSSR count). The fourth-order valence-electron chi connectivity index (χ4n) is 2.43. The quantitative estimate of drug-likeness (QED) is 0.385. The zero-order valence-corrected chi connectivity index (χ0v) is 13.8. The summed E-state index contributed by atoms with van der Waals surface area (Å²) >= 11 is 11.3. The van der Waals surface area contributed by atoms with E-state index in [1.165, 1.54) is 0 Å². The second-order valence-corrected chi connectivity index (χ2v) is 5.58. The average molecular weight is 335 g/mol. The number of hydrogen-bond donors (Lipinski definition) is 2. The molecule has 1 aromatic rings. The number of thiocarbonyl (C=S) groups is 1. The smallest absolute Gasteiger partial charge is 0.336 e. The Kier molecular flexibility index (Phi) is 5.14. The highest BCUT2D eigenvalue weighted by Crippen LogP contribution is 2.37. The van der Waals surface area contributed by atoms with Crippen LogP contribution < -0.4 is 5.32 Å². The van der Waals surface area contributed by atoms with Crippen molar-refractivity contribution in [1.29, 1.82) is 5.41 Å². The lowest BCUT2D eigenvalue weighted by Crippen LogP contribution is -2.35. The molecule has 22 heavy (non-hydrogen) atoms. The Hall–Kier alpha value is -1.94. The minimum absolute atomic E-state index is 0.270. The second kappa shape index (κ2) is 6.88. The molecule has 2 N–H and O–H groups in total. The van der Waals surface area contributed by atoms with E-state index in [9.17, 15) is 4.79 Å². The van der Waals surface area contributed by atoms with Gasteiger partial charge in [0.05, 0.1) is 23.7 Å². The van der Waals surface area contributed by atoms with Gasteiger partial charge < -0.3 is 10.1 Å². The highest BCUT2D eigenvalue weighted by Gasteiger charge is 2.35. The van der Waals surface area contributed by atoms with Crippen LogP contribution in [0.25, 0.3) is 0 Å². The number of halogens is 1. The number of rotatable bonds is 3. The normalized spacial score (nSPS) is 17.9. The van der Waals surface area contributed by atoms with E-state index in [1.807, 2.05) is 6.07 Å². The minimum Gasteiger partial charge on any atom is -0.463 e. The van der Waals surface area contributed by atoms with Gasteiger partial charge in [-0.1, -0.05) is 36.0 Å². The van der Waals surface area contributed by atoms with Crippen molar-refractivity contribution in [2.24, 2.45) is 0 Å². The highest BCUT2D eigenvalue weighted by molar-refractivity contribution is 7.80. The summed E-state index contributed by atoms with van der Waals surface area (Å²) in [6, 6.07) is 7.14. The van der Waals surface area contributed by atoms with Crippen LogP contribution in [0.4, 0.5) is 0 Å². The molecule has 0 saturated heterocycles. The molecule has 0 amide bonds. The molecule has 114 valence electrons. The van der Waals surface area contributed by atoms with Crippen molar-refractivity contribution < 1.29 is 9.53 Å². The van der Waals surface area contributed by atoms with E-state index in [4.69, 9.17) is 34.0 Å². The summed E-state index contributed by atoms with van der Waals surface area (Å²) in [6.45, 7) is 3.78. The lowest BCUT2D eigenvalue weighted by atomic mass is 9.81. The van der Waals surface area contributed by atoms with E-state index in [-0.39, 0.29) is 6.61 Å². The number of ether oxygens (including phenoxy) is 1. The summed E-state index contributed by atoms with van der Waals surface area (Å²) < 4.78 is 5.15. The third-order valence-electron chi connectivity index (χ3n) is 3.34. The Bertz CT molecular complexity index is 721. The van der Waals surface area contributed by atoms with Gasteiger partial charge in [0.1, 0.15) is 4.99 Å². The molecule has 4 nitrogen and oxygen atoms in total. The van der Waals surface area contributed by atoms with Crippen LogP contribution in [0.1, 0.15) is 25.3 Å². The number of carbonyl (C=O) groups is 1. The van der Waals surface area contributed by atoms with E-state index in [2.05, 4.69) is 11.2 Å². The monoisotopic (exact) mass is 334 g/mol. The van der Waals surface area contributed by atoms with Crippen LogP contribution in [-0.2, 0) is 9.53 Å². The molecular formula is C16H15ClN2O2S. The first kappa shape index (κ1) is 16.4. The zero-order valence-electron chi connectivity index (χ0n) is 12.2. The lowest BCUT2D eigenvalue weighted by molar-refractivity contribution is -0.138. The molecule has 0 aromatic heterocycles. The van der Waals surface area contributed by atoms with Gasteiger partial charge in [0.15, 0.2) is 0 Å². The highest BCUT2D eigenvalue weighted by atomic mass is 35.5. The van der Waals surface area contributed by atoms with Crippen LogP contribution in [0.5, 0.6) is 0 Å². The van der Waals surface area contributed by atoms with Crippen molar-refractivity contribution in [1.82, 2.24) is 5.32 Å². The van der Waals surface area contributed by atoms with Crippen LogP contribution in [0.3, 0.4) is 0 Å². The Balaban J connectivity index is 2.65. The van der Waals surface area contributed by atoms with E-state index < -0.39 is 11.9 Å². The predicted octanol–water partition coefficient (Wildman–Crippen LogP) is 3.37. The number of benzene rings is 1. The summed E-state index contributed by atoms with van der Waals surface area (Å²) in [5, 5.41) is 11.0. The Morgan fingerprint density at radius 1 is 1.55 bits per heavy atom. The molecule has 0 bridgehead atoms. The van der Waals surface area contributed by atoms with Crippen LogP contribution in [0, 0.1) is 5.41 Å². The molecule has 1 aliphatic heterocycles. The van der Waals surface area contributed by atoms with Crippen molar-refractivity contribution >= 4 is 40.6 Å². The molecule has 1 atom stereocenters. The fourth-order valence-corrected chi connectivity index (χ4v) is 2.95.